The van der Waals surface area contributed by atoms with Crippen LogP contribution in [0.5, 0.6) is 0 Å². The van der Waals surface area contributed by atoms with Crippen LogP contribution in [-0.4, -0.2) is 83.3 Å². The zero-order chi connectivity index (χ0) is 21.1. The topological polar surface area (TPSA) is 73.0 Å². The summed E-state index contributed by atoms with van der Waals surface area (Å²) in [4.78, 5) is 44.3. The maximum absolute atomic E-state index is 13.0. The molecule has 7 heteroatoms. The molecule has 7 nitrogen and oxygen atoms in total. The molecule has 4 rings (SSSR count). The van der Waals surface area contributed by atoms with Gasteiger partial charge in [0.25, 0.3) is 5.91 Å². The molecule has 0 spiro atoms. The number of nitrogens with one attached hydrogen (secondary N) is 1. The highest BCUT2D eigenvalue weighted by atomic mass is 16.2. The summed E-state index contributed by atoms with van der Waals surface area (Å²) in [5.41, 5.74) is 0.719. The fourth-order valence-corrected chi connectivity index (χ4v) is 5.07. The molecular weight excluding hydrogens is 380 g/mol. The predicted molar refractivity (Wildman–Crippen MR) is 114 cm³/mol. The van der Waals surface area contributed by atoms with Gasteiger partial charge in [0.05, 0.1) is 0 Å². The smallest absolute Gasteiger partial charge is 0.254 e. The van der Waals surface area contributed by atoms with Gasteiger partial charge in [-0.05, 0) is 37.8 Å². The molecule has 0 radical (unpaired) electrons. The zero-order valence-corrected chi connectivity index (χ0v) is 17.8. The van der Waals surface area contributed by atoms with Gasteiger partial charge >= 0.3 is 0 Å². The number of piperazine rings is 1. The van der Waals surface area contributed by atoms with Crippen molar-refractivity contribution in [3.8, 4) is 0 Å². The van der Waals surface area contributed by atoms with E-state index < -0.39 is 0 Å². The number of rotatable bonds is 6. The predicted octanol–water partition coefficient (Wildman–Crippen LogP) is 1.49. The molecule has 3 aliphatic rings. The molecule has 3 amide bonds. The van der Waals surface area contributed by atoms with Gasteiger partial charge in [-0.3, -0.25) is 19.3 Å². The standard InChI is InChI=1S/C23H32N4O3/c1-2-7-21(28)26-12-6-10-20(26)22(29)24-14-19-16-27(18-11-13-25(19)15-18)23(30)17-8-4-3-5-9-17/h3-5,8-9,18-20H,2,6-7,10-16H2,1H3,(H,24,29)/t18-,19-,20+/m0/s1. The first-order valence-electron chi connectivity index (χ1n) is 11.3. The number of fused-ring (bicyclic) bond motifs is 2. The van der Waals surface area contributed by atoms with Crippen LogP contribution in [0.25, 0.3) is 0 Å². The van der Waals surface area contributed by atoms with Gasteiger partial charge in [0.1, 0.15) is 6.04 Å². The molecule has 3 heterocycles. The number of carbonyl (C=O) groups is 3. The Balaban J connectivity index is 1.37. The minimum atomic E-state index is -0.346. The maximum atomic E-state index is 13.0. The minimum absolute atomic E-state index is 0.0563. The van der Waals surface area contributed by atoms with E-state index >= 15 is 0 Å². The Hall–Kier alpha value is -2.41. The Kier molecular flexibility index (Phi) is 6.37. The Morgan fingerprint density at radius 2 is 1.83 bits per heavy atom. The summed E-state index contributed by atoms with van der Waals surface area (Å²) in [6, 6.07) is 9.45. The van der Waals surface area contributed by atoms with Crippen molar-refractivity contribution in [2.75, 3.05) is 32.7 Å². The van der Waals surface area contributed by atoms with Gasteiger partial charge in [-0.1, -0.05) is 25.1 Å². The van der Waals surface area contributed by atoms with Crippen molar-refractivity contribution in [3.63, 3.8) is 0 Å². The highest BCUT2D eigenvalue weighted by molar-refractivity contribution is 5.94. The lowest BCUT2D eigenvalue weighted by molar-refractivity contribution is -0.138. The molecule has 4 atom stereocenters. The number of nitrogens with zero attached hydrogens (tertiary/aromatic N) is 3. The second-order valence-corrected chi connectivity index (χ2v) is 8.66. The zero-order valence-electron chi connectivity index (χ0n) is 17.8. The van der Waals surface area contributed by atoms with Gasteiger partial charge in [-0.2, -0.15) is 0 Å². The number of amides is 3. The van der Waals surface area contributed by atoms with Crippen LogP contribution in [0.3, 0.4) is 0 Å². The lowest BCUT2D eigenvalue weighted by Gasteiger charge is -2.40. The number of hydrogen-bond donors (Lipinski definition) is 1. The normalized spacial score (nSPS) is 27.9. The molecule has 1 N–H and O–H groups in total. The molecule has 1 aromatic rings. The summed E-state index contributed by atoms with van der Waals surface area (Å²) in [5.74, 6) is 0.0969. The Labute approximate surface area is 178 Å². The van der Waals surface area contributed by atoms with E-state index in [-0.39, 0.29) is 35.8 Å². The van der Waals surface area contributed by atoms with E-state index in [0.29, 0.717) is 26.1 Å². The van der Waals surface area contributed by atoms with Crippen LogP contribution >= 0.6 is 0 Å². The van der Waals surface area contributed by atoms with Gasteiger partial charge in [0, 0.05) is 56.8 Å². The Morgan fingerprint density at radius 3 is 2.60 bits per heavy atom. The number of hydrogen-bond acceptors (Lipinski definition) is 4. The van der Waals surface area contributed by atoms with Gasteiger partial charge in [0.15, 0.2) is 0 Å². The molecule has 1 aromatic carbocycles. The first kappa shape index (κ1) is 20.8. The fraction of sp³-hybridized carbons (Fsp3) is 0.609. The molecule has 162 valence electrons. The van der Waals surface area contributed by atoms with Gasteiger partial charge < -0.3 is 15.1 Å². The van der Waals surface area contributed by atoms with E-state index in [1.165, 1.54) is 0 Å². The van der Waals surface area contributed by atoms with Crippen molar-refractivity contribution in [3.05, 3.63) is 35.9 Å². The lowest BCUT2D eigenvalue weighted by Crippen LogP contribution is -2.58. The molecular formula is C23H32N4O3. The molecule has 1 unspecified atom stereocenters. The van der Waals surface area contributed by atoms with Crippen LogP contribution in [0.4, 0.5) is 0 Å². The van der Waals surface area contributed by atoms with Crippen LogP contribution in [0.1, 0.15) is 49.4 Å². The molecule has 0 saturated carbocycles. The SMILES string of the molecule is CCCC(=O)N1CCC[C@@H]1C(=O)NC[C@H]1CN(C(=O)c2ccccc2)[C@H]2CCN1C2. The van der Waals surface area contributed by atoms with Crippen LogP contribution < -0.4 is 5.32 Å². The average Bonchev–Trinajstić information content (AvgIpc) is 3.42. The van der Waals surface area contributed by atoms with Crippen LogP contribution in [-0.2, 0) is 9.59 Å². The summed E-state index contributed by atoms with van der Waals surface area (Å²) >= 11 is 0. The summed E-state index contributed by atoms with van der Waals surface area (Å²) in [6.45, 7) is 5.61. The third kappa shape index (κ3) is 4.21. The van der Waals surface area contributed by atoms with Crippen LogP contribution in [0.15, 0.2) is 30.3 Å². The van der Waals surface area contributed by atoms with Gasteiger partial charge in [-0.15, -0.1) is 0 Å². The monoisotopic (exact) mass is 412 g/mol. The first-order chi connectivity index (χ1) is 14.6. The maximum Gasteiger partial charge on any atom is 0.254 e. The van der Waals surface area contributed by atoms with E-state index in [4.69, 9.17) is 0 Å². The fourth-order valence-electron chi connectivity index (χ4n) is 5.07. The van der Waals surface area contributed by atoms with Crippen molar-refractivity contribution in [2.24, 2.45) is 0 Å². The summed E-state index contributed by atoms with van der Waals surface area (Å²) < 4.78 is 0. The largest absolute Gasteiger partial charge is 0.353 e. The van der Waals surface area contributed by atoms with Crippen LogP contribution in [0.2, 0.25) is 0 Å². The molecule has 3 aliphatic heterocycles. The number of benzene rings is 1. The third-order valence-corrected chi connectivity index (χ3v) is 6.69. The van der Waals surface area contributed by atoms with Crippen LogP contribution in [0, 0.1) is 0 Å². The van der Waals surface area contributed by atoms with Crippen molar-refractivity contribution in [1.29, 1.82) is 0 Å². The average molecular weight is 413 g/mol. The molecule has 0 aromatic heterocycles. The van der Waals surface area contributed by atoms with E-state index in [1.54, 1.807) is 4.90 Å². The molecule has 2 bridgehead atoms. The van der Waals surface area contributed by atoms with Crippen molar-refractivity contribution < 1.29 is 14.4 Å². The third-order valence-electron chi connectivity index (χ3n) is 6.69. The van der Waals surface area contributed by atoms with Crippen molar-refractivity contribution in [1.82, 2.24) is 20.0 Å². The molecule has 3 fully saturated rings. The van der Waals surface area contributed by atoms with E-state index in [1.807, 2.05) is 42.2 Å². The highest BCUT2D eigenvalue weighted by Crippen LogP contribution is 2.26. The highest BCUT2D eigenvalue weighted by Gasteiger charge is 2.41. The van der Waals surface area contributed by atoms with E-state index in [2.05, 4.69) is 10.2 Å². The van der Waals surface area contributed by atoms with E-state index in [9.17, 15) is 14.4 Å². The Bertz CT molecular complexity index is 784. The lowest BCUT2D eigenvalue weighted by atomic mass is 10.1. The molecule has 30 heavy (non-hydrogen) atoms. The first-order valence-corrected chi connectivity index (χ1v) is 11.3. The molecule has 3 saturated heterocycles. The number of carbonyl (C=O) groups excluding carboxylic acids is 3. The summed E-state index contributed by atoms with van der Waals surface area (Å²) in [6.07, 6.45) is 3.89. The molecule has 0 aliphatic carbocycles. The Morgan fingerprint density at radius 1 is 1.03 bits per heavy atom. The quantitative estimate of drug-likeness (QED) is 0.769. The summed E-state index contributed by atoms with van der Waals surface area (Å²) in [5, 5.41) is 3.09. The van der Waals surface area contributed by atoms with Gasteiger partial charge in [-0.25, -0.2) is 0 Å². The second kappa shape index (κ2) is 9.16. The number of likely N-dealkylation sites (tertiary alicyclic amines) is 1. The van der Waals surface area contributed by atoms with Crippen molar-refractivity contribution in [2.45, 2.75) is 57.2 Å². The summed E-state index contributed by atoms with van der Waals surface area (Å²) in [7, 11) is 0. The van der Waals surface area contributed by atoms with E-state index in [0.717, 1.165) is 44.3 Å². The minimum Gasteiger partial charge on any atom is -0.353 e. The second-order valence-electron chi connectivity index (χ2n) is 8.66. The van der Waals surface area contributed by atoms with Gasteiger partial charge in [0.2, 0.25) is 11.8 Å². The van der Waals surface area contributed by atoms with Crippen molar-refractivity contribution >= 4 is 17.7 Å².